The Kier molecular flexibility index (Phi) is 6.72. The SMILES string of the molecule is CCOc1ccc(Br)cc1/C=C/C(=O)NC(Cc1c[nH]c2ccccc12)C(=O)O. The van der Waals surface area contributed by atoms with Gasteiger partial charge in [0.05, 0.1) is 6.61 Å². The van der Waals surface area contributed by atoms with Crippen molar-refractivity contribution >= 4 is 44.8 Å². The molecule has 1 heterocycles. The van der Waals surface area contributed by atoms with Gasteiger partial charge < -0.3 is 20.1 Å². The van der Waals surface area contributed by atoms with E-state index in [4.69, 9.17) is 4.74 Å². The van der Waals surface area contributed by atoms with Gasteiger partial charge >= 0.3 is 5.97 Å². The number of aliphatic carboxylic acids is 1. The molecule has 3 rings (SSSR count). The van der Waals surface area contributed by atoms with Gasteiger partial charge in [-0.05, 0) is 42.8 Å². The van der Waals surface area contributed by atoms with Crippen molar-refractivity contribution in [1.82, 2.24) is 10.3 Å². The summed E-state index contributed by atoms with van der Waals surface area (Å²) >= 11 is 3.40. The van der Waals surface area contributed by atoms with Crippen LogP contribution >= 0.6 is 15.9 Å². The Bertz CT molecular complexity index is 1060. The van der Waals surface area contributed by atoms with Crippen molar-refractivity contribution in [2.45, 2.75) is 19.4 Å². The maximum atomic E-state index is 12.4. The molecule has 150 valence electrons. The molecule has 0 fully saturated rings. The quantitative estimate of drug-likeness (QED) is 0.443. The Hall–Kier alpha value is -3.06. The minimum atomic E-state index is -1.09. The van der Waals surface area contributed by atoms with E-state index in [9.17, 15) is 14.7 Å². The summed E-state index contributed by atoms with van der Waals surface area (Å²) in [6.07, 6.45) is 4.88. The molecule has 1 aromatic heterocycles. The van der Waals surface area contributed by atoms with Crippen LogP contribution in [0.2, 0.25) is 0 Å². The fraction of sp³-hybridized carbons (Fsp3) is 0.182. The number of carboxylic acids is 1. The van der Waals surface area contributed by atoms with E-state index in [2.05, 4.69) is 26.2 Å². The van der Waals surface area contributed by atoms with Crippen LogP contribution in [0.1, 0.15) is 18.1 Å². The first-order valence-corrected chi connectivity index (χ1v) is 9.96. The first-order chi connectivity index (χ1) is 14.0. The van der Waals surface area contributed by atoms with Crippen LogP contribution in [-0.2, 0) is 16.0 Å². The van der Waals surface area contributed by atoms with E-state index in [1.54, 1.807) is 12.3 Å². The smallest absolute Gasteiger partial charge is 0.326 e. The highest BCUT2D eigenvalue weighted by atomic mass is 79.9. The lowest BCUT2D eigenvalue weighted by molar-refractivity contribution is -0.141. The van der Waals surface area contributed by atoms with E-state index < -0.39 is 17.9 Å². The molecule has 0 radical (unpaired) electrons. The third-order valence-electron chi connectivity index (χ3n) is 4.40. The van der Waals surface area contributed by atoms with Gasteiger partial charge in [0.2, 0.25) is 5.91 Å². The second-order valence-electron chi connectivity index (χ2n) is 6.41. The van der Waals surface area contributed by atoms with E-state index in [0.717, 1.165) is 26.5 Å². The van der Waals surface area contributed by atoms with Crippen LogP contribution in [-0.4, -0.2) is 34.6 Å². The molecule has 2 aromatic carbocycles. The van der Waals surface area contributed by atoms with Gasteiger partial charge in [-0.1, -0.05) is 34.1 Å². The van der Waals surface area contributed by atoms with Gasteiger partial charge in [-0.15, -0.1) is 0 Å². The van der Waals surface area contributed by atoms with Gasteiger partial charge in [-0.25, -0.2) is 4.79 Å². The van der Waals surface area contributed by atoms with Gasteiger partial charge in [0.1, 0.15) is 11.8 Å². The van der Waals surface area contributed by atoms with Gasteiger partial charge in [0.25, 0.3) is 0 Å². The predicted molar refractivity (Wildman–Crippen MR) is 116 cm³/mol. The zero-order valence-corrected chi connectivity index (χ0v) is 17.4. The van der Waals surface area contributed by atoms with E-state index in [-0.39, 0.29) is 6.42 Å². The molecule has 1 atom stereocenters. The molecule has 0 bridgehead atoms. The second kappa shape index (κ2) is 9.43. The first kappa shape index (κ1) is 20.7. The molecule has 0 saturated heterocycles. The number of para-hydroxylation sites is 1. The molecule has 6 nitrogen and oxygen atoms in total. The number of aromatic nitrogens is 1. The van der Waals surface area contributed by atoms with Gasteiger partial charge in [0.15, 0.2) is 0 Å². The summed E-state index contributed by atoms with van der Waals surface area (Å²) in [4.78, 5) is 27.2. The lowest BCUT2D eigenvalue weighted by atomic mass is 10.0. The van der Waals surface area contributed by atoms with E-state index in [1.807, 2.05) is 49.4 Å². The molecule has 3 N–H and O–H groups in total. The highest BCUT2D eigenvalue weighted by Gasteiger charge is 2.21. The number of H-pyrrole nitrogens is 1. The van der Waals surface area contributed by atoms with Crippen LogP contribution in [0.3, 0.4) is 0 Å². The molecule has 0 aliphatic carbocycles. The Morgan fingerprint density at radius 2 is 2.07 bits per heavy atom. The molecule has 0 spiro atoms. The fourth-order valence-corrected chi connectivity index (χ4v) is 3.42. The number of carboxylic acid groups (broad SMARTS) is 1. The lowest BCUT2D eigenvalue weighted by Gasteiger charge is -2.13. The number of hydrogen-bond acceptors (Lipinski definition) is 3. The normalized spacial score (nSPS) is 12.2. The average molecular weight is 457 g/mol. The van der Waals surface area contributed by atoms with Crippen LogP contribution in [0, 0.1) is 0 Å². The molecule has 1 unspecified atom stereocenters. The highest BCUT2D eigenvalue weighted by molar-refractivity contribution is 9.10. The van der Waals surface area contributed by atoms with Crippen molar-refractivity contribution in [2.75, 3.05) is 6.61 Å². The molecule has 0 saturated carbocycles. The number of benzene rings is 2. The molecule has 29 heavy (non-hydrogen) atoms. The Morgan fingerprint density at radius 1 is 1.28 bits per heavy atom. The molecule has 7 heteroatoms. The maximum Gasteiger partial charge on any atom is 0.326 e. The Labute approximate surface area is 176 Å². The topological polar surface area (TPSA) is 91.4 Å². The molecule has 1 amide bonds. The predicted octanol–water partition coefficient (Wildman–Crippen LogP) is 4.15. The summed E-state index contributed by atoms with van der Waals surface area (Å²) < 4.78 is 6.40. The number of hydrogen-bond donors (Lipinski definition) is 3. The molecule has 3 aromatic rings. The second-order valence-corrected chi connectivity index (χ2v) is 7.33. The Morgan fingerprint density at radius 3 is 2.83 bits per heavy atom. The van der Waals surface area contributed by atoms with Crippen molar-refractivity contribution in [2.24, 2.45) is 0 Å². The van der Waals surface area contributed by atoms with Crippen molar-refractivity contribution in [1.29, 1.82) is 0 Å². The first-order valence-electron chi connectivity index (χ1n) is 9.16. The molecule has 0 aliphatic rings. The number of amides is 1. The van der Waals surface area contributed by atoms with Crippen molar-refractivity contribution in [3.63, 3.8) is 0 Å². The highest BCUT2D eigenvalue weighted by Crippen LogP contribution is 2.24. The van der Waals surface area contributed by atoms with Crippen LogP contribution in [0.15, 0.2) is 59.2 Å². The number of fused-ring (bicyclic) bond motifs is 1. The van der Waals surface area contributed by atoms with Gasteiger partial charge in [-0.2, -0.15) is 0 Å². The average Bonchev–Trinajstić information content (AvgIpc) is 3.10. The molecule has 0 aliphatic heterocycles. The largest absolute Gasteiger partial charge is 0.493 e. The number of halogens is 1. The Balaban J connectivity index is 1.73. The number of rotatable bonds is 8. The number of aromatic amines is 1. The summed E-state index contributed by atoms with van der Waals surface area (Å²) in [5, 5.41) is 13.1. The lowest BCUT2D eigenvalue weighted by Crippen LogP contribution is -2.41. The summed E-state index contributed by atoms with van der Waals surface area (Å²) in [6.45, 7) is 2.38. The standard InChI is InChI=1S/C22H21BrN2O4/c1-2-29-20-9-8-16(23)11-14(20)7-10-21(26)25-19(22(27)28)12-15-13-24-18-6-4-3-5-17(15)18/h3-11,13,19,24H,2,12H2,1H3,(H,25,26)(H,27,28)/b10-7+. The minimum absolute atomic E-state index is 0.181. The van der Waals surface area contributed by atoms with Crippen LogP contribution in [0.5, 0.6) is 5.75 Å². The zero-order chi connectivity index (χ0) is 20.8. The monoisotopic (exact) mass is 456 g/mol. The summed E-state index contributed by atoms with van der Waals surface area (Å²) in [6, 6.07) is 12.1. The number of carbonyl (C=O) groups excluding carboxylic acids is 1. The van der Waals surface area contributed by atoms with Crippen molar-refractivity contribution < 1.29 is 19.4 Å². The molecular formula is C22H21BrN2O4. The number of ether oxygens (including phenoxy) is 1. The summed E-state index contributed by atoms with van der Waals surface area (Å²) in [7, 11) is 0. The number of carbonyl (C=O) groups is 2. The van der Waals surface area contributed by atoms with Gasteiger partial charge in [-0.3, -0.25) is 4.79 Å². The third-order valence-corrected chi connectivity index (χ3v) is 4.89. The van der Waals surface area contributed by atoms with E-state index in [0.29, 0.717) is 12.4 Å². The minimum Gasteiger partial charge on any atom is -0.493 e. The van der Waals surface area contributed by atoms with Crippen LogP contribution in [0.25, 0.3) is 17.0 Å². The van der Waals surface area contributed by atoms with Crippen molar-refractivity contribution in [3.05, 3.63) is 70.3 Å². The van der Waals surface area contributed by atoms with Crippen molar-refractivity contribution in [3.8, 4) is 5.75 Å². The fourth-order valence-electron chi connectivity index (χ4n) is 3.04. The zero-order valence-electron chi connectivity index (χ0n) is 15.8. The maximum absolute atomic E-state index is 12.4. The van der Waals surface area contributed by atoms with E-state index >= 15 is 0 Å². The summed E-state index contributed by atoms with van der Waals surface area (Å²) in [5.41, 5.74) is 2.48. The van der Waals surface area contributed by atoms with E-state index in [1.165, 1.54) is 6.08 Å². The molecular weight excluding hydrogens is 436 g/mol. The summed E-state index contributed by atoms with van der Waals surface area (Å²) in [5.74, 6) is -0.928. The van der Waals surface area contributed by atoms with Crippen LogP contribution < -0.4 is 10.1 Å². The van der Waals surface area contributed by atoms with Crippen LogP contribution in [0.4, 0.5) is 0 Å². The number of nitrogens with one attached hydrogen (secondary N) is 2. The van der Waals surface area contributed by atoms with Gasteiger partial charge in [0, 0.05) is 39.6 Å². The third kappa shape index (κ3) is 5.26.